The summed E-state index contributed by atoms with van der Waals surface area (Å²) in [4.78, 5) is 12.6. The molecule has 0 aromatic heterocycles. The third kappa shape index (κ3) is 4.96. The van der Waals surface area contributed by atoms with E-state index in [0.717, 1.165) is 16.8 Å². The number of hydrogen-bond acceptors (Lipinski definition) is 4. The molecule has 28 heavy (non-hydrogen) atoms. The zero-order valence-electron chi connectivity index (χ0n) is 16.8. The molecule has 0 aliphatic carbocycles. The van der Waals surface area contributed by atoms with Crippen molar-refractivity contribution in [3.8, 4) is 17.6 Å². The quantitative estimate of drug-likeness (QED) is 0.667. The Balaban J connectivity index is 2.22. The number of ether oxygens (including phenoxy) is 2. The van der Waals surface area contributed by atoms with Gasteiger partial charge in [0.05, 0.1) is 23.8 Å². The van der Waals surface area contributed by atoms with Gasteiger partial charge in [-0.2, -0.15) is 5.26 Å². The zero-order chi connectivity index (χ0) is 20.8. The fourth-order valence-electron chi connectivity index (χ4n) is 2.93. The molecule has 0 unspecified atom stereocenters. The Morgan fingerprint density at radius 2 is 1.79 bits per heavy atom. The number of carbonyl (C=O) groups is 1. The van der Waals surface area contributed by atoms with E-state index >= 15 is 0 Å². The van der Waals surface area contributed by atoms with Gasteiger partial charge in [0.15, 0.2) is 18.1 Å². The van der Waals surface area contributed by atoms with E-state index in [1.54, 1.807) is 0 Å². The number of nitriles is 1. The molecule has 0 aliphatic heterocycles. The van der Waals surface area contributed by atoms with Crippen molar-refractivity contribution >= 4 is 23.2 Å². The van der Waals surface area contributed by atoms with Crippen LogP contribution in [0, 0.1) is 11.3 Å². The molecule has 0 saturated heterocycles. The maximum atomic E-state index is 12.6. The van der Waals surface area contributed by atoms with Crippen LogP contribution >= 0.6 is 11.6 Å². The van der Waals surface area contributed by atoms with Crippen LogP contribution in [0.3, 0.4) is 0 Å². The number of para-hydroxylation sites is 1. The highest BCUT2D eigenvalue weighted by Crippen LogP contribution is 2.36. The Hall–Kier alpha value is -2.71. The number of amides is 1. The molecule has 0 atom stereocenters. The number of nitrogens with one attached hydrogen (secondary N) is 1. The summed E-state index contributed by atoms with van der Waals surface area (Å²) < 4.78 is 10.8. The minimum Gasteiger partial charge on any atom is -0.493 e. The first-order valence-electron chi connectivity index (χ1n) is 9.11. The van der Waals surface area contributed by atoms with Gasteiger partial charge in [0.2, 0.25) is 0 Å². The zero-order valence-corrected chi connectivity index (χ0v) is 17.6. The van der Waals surface area contributed by atoms with Crippen LogP contribution in [0.5, 0.6) is 11.5 Å². The lowest BCUT2D eigenvalue weighted by Crippen LogP contribution is -2.22. The van der Waals surface area contributed by atoms with Crippen LogP contribution in [-0.4, -0.2) is 19.6 Å². The molecule has 6 heteroatoms. The van der Waals surface area contributed by atoms with Crippen molar-refractivity contribution in [2.24, 2.45) is 0 Å². The van der Waals surface area contributed by atoms with Crippen LogP contribution in [0.1, 0.15) is 56.2 Å². The molecular weight excluding hydrogens is 376 g/mol. The van der Waals surface area contributed by atoms with Crippen molar-refractivity contribution in [1.29, 1.82) is 5.26 Å². The summed E-state index contributed by atoms with van der Waals surface area (Å²) in [6, 6.07) is 11.0. The Morgan fingerprint density at radius 3 is 2.29 bits per heavy atom. The van der Waals surface area contributed by atoms with E-state index in [9.17, 15) is 4.79 Å². The van der Waals surface area contributed by atoms with Crippen molar-refractivity contribution in [2.75, 3.05) is 19.0 Å². The number of rotatable bonds is 7. The van der Waals surface area contributed by atoms with Crippen LogP contribution in [0.2, 0.25) is 5.02 Å². The molecule has 2 aromatic rings. The lowest BCUT2D eigenvalue weighted by molar-refractivity contribution is -0.118. The van der Waals surface area contributed by atoms with Crippen molar-refractivity contribution in [1.82, 2.24) is 0 Å². The molecule has 0 spiro atoms. The number of carbonyl (C=O) groups excluding carboxylic acids is 1. The minimum atomic E-state index is -0.294. The lowest BCUT2D eigenvalue weighted by Gasteiger charge is -2.20. The third-order valence-corrected chi connectivity index (χ3v) is 4.62. The van der Waals surface area contributed by atoms with Crippen molar-refractivity contribution in [2.45, 2.75) is 39.5 Å². The topological polar surface area (TPSA) is 71.3 Å². The number of nitrogens with zero attached hydrogens (tertiary/aromatic N) is 1. The molecular formula is C22H25ClN2O3. The van der Waals surface area contributed by atoms with E-state index in [1.807, 2.05) is 24.3 Å². The Morgan fingerprint density at radius 1 is 1.18 bits per heavy atom. The maximum absolute atomic E-state index is 12.6. The van der Waals surface area contributed by atoms with Gasteiger partial charge in [0.1, 0.15) is 0 Å². The van der Waals surface area contributed by atoms with Gasteiger partial charge in [-0.3, -0.25) is 4.79 Å². The van der Waals surface area contributed by atoms with E-state index in [1.165, 1.54) is 19.2 Å². The third-order valence-electron chi connectivity index (χ3n) is 4.34. The second-order valence-corrected chi connectivity index (χ2v) is 7.47. The van der Waals surface area contributed by atoms with Gasteiger partial charge in [0.25, 0.3) is 5.91 Å². The summed E-state index contributed by atoms with van der Waals surface area (Å²) in [5.41, 5.74) is 3.34. The number of methoxy groups -OCH3 is 1. The van der Waals surface area contributed by atoms with Crippen molar-refractivity contribution < 1.29 is 14.3 Å². The fourth-order valence-corrected chi connectivity index (χ4v) is 3.20. The molecule has 1 N–H and O–H groups in total. The number of hydrogen-bond donors (Lipinski definition) is 1. The molecule has 0 saturated carbocycles. The van der Waals surface area contributed by atoms with Crippen LogP contribution in [0.15, 0.2) is 30.3 Å². The first-order chi connectivity index (χ1) is 13.3. The predicted octanol–water partition coefficient (Wildman–Crippen LogP) is 5.48. The van der Waals surface area contributed by atoms with Gasteiger partial charge < -0.3 is 14.8 Å². The van der Waals surface area contributed by atoms with E-state index < -0.39 is 0 Å². The molecule has 0 fully saturated rings. The van der Waals surface area contributed by atoms with Crippen molar-refractivity contribution in [3.63, 3.8) is 0 Å². The predicted molar refractivity (Wildman–Crippen MR) is 111 cm³/mol. The van der Waals surface area contributed by atoms with Crippen LogP contribution < -0.4 is 14.8 Å². The summed E-state index contributed by atoms with van der Waals surface area (Å²) in [5.74, 6) is 0.783. The van der Waals surface area contributed by atoms with Gasteiger partial charge in [-0.15, -0.1) is 0 Å². The molecule has 0 heterocycles. The Kier molecular flexibility index (Phi) is 7.31. The van der Waals surface area contributed by atoms with Gasteiger partial charge in [-0.25, -0.2) is 0 Å². The van der Waals surface area contributed by atoms with Crippen molar-refractivity contribution in [3.05, 3.63) is 52.0 Å². The SMILES string of the molecule is COc1cc(C#N)cc(Cl)c1OCC(=O)Nc1c(C(C)C)cccc1C(C)C. The van der Waals surface area contributed by atoms with E-state index in [-0.39, 0.29) is 35.1 Å². The molecule has 0 aliphatic rings. The highest BCUT2D eigenvalue weighted by atomic mass is 35.5. The monoisotopic (exact) mass is 400 g/mol. The second-order valence-electron chi connectivity index (χ2n) is 7.06. The summed E-state index contributed by atoms with van der Waals surface area (Å²) in [7, 11) is 1.45. The second kappa shape index (κ2) is 9.48. The molecule has 2 aromatic carbocycles. The maximum Gasteiger partial charge on any atom is 0.262 e. The van der Waals surface area contributed by atoms with Gasteiger partial charge >= 0.3 is 0 Å². The summed E-state index contributed by atoms with van der Waals surface area (Å²) in [5, 5.41) is 12.2. The number of halogens is 1. The highest BCUT2D eigenvalue weighted by molar-refractivity contribution is 6.32. The fraction of sp³-hybridized carbons (Fsp3) is 0.364. The molecule has 0 radical (unpaired) electrons. The van der Waals surface area contributed by atoms with Crippen LogP contribution in [0.25, 0.3) is 0 Å². The normalized spacial score (nSPS) is 10.7. The van der Waals surface area contributed by atoms with Gasteiger partial charge in [0, 0.05) is 11.8 Å². The lowest BCUT2D eigenvalue weighted by atomic mass is 9.92. The standard InChI is InChI=1S/C22H25ClN2O3/c1-13(2)16-7-6-8-17(14(3)4)21(16)25-20(26)12-28-22-18(23)9-15(11-24)10-19(22)27-5/h6-10,13-14H,12H2,1-5H3,(H,25,26). The smallest absolute Gasteiger partial charge is 0.262 e. The van der Waals surface area contributed by atoms with Gasteiger partial charge in [-0.05, 0) is 29.0 Å². The Bertz CT molecular complexity index is 875. The molecule has 1 amide bonds. The largest absolute Gasteiger partial charge is 0.493 e. The highest BCUT2D eigenvalue weighted by Gasteiger charge is 2.18. The van der Waals surface area contributed by atoms with E-state index in [2.05, 4.69) is 33.0 Å². The average molecular weight is 401 g/mol. The summed E-state index contributed by atoms with van der Waals surface area (Å²) in [6.45, 7) is 8.13. The van der Waals surface area contributed by atoms with Crippen LogP contribution in [-0.2, 0) is 4.79 Å². The summed E-state index contributed by atoms with van der Waals surface area (Å²) >= 11 is 6.18. The first kappa shape index (κ1) is 21.6. The number of benzene rings is 2. The first-order valence-corrected chi connectivity index (χ1v) is 9.49. The summed E-state index contributed by atoms with van der Waals surface area (Å²) in [6.07, 6.45) is 0. The van der Waals surface area contributed by atoms with E-state index in [0.29, 0.717) is 11.3 Å². The van der Waals surface area contributed by atoms with E-state index in [4.69, 9.17) is 26.3 Å². The number of anilines is 1. The molecule has 148 valence electrons. The van der Waals surface area contributed by atoms with Crippen LogP contribution in [0.4, 0.5) is 5.69 Å². The minimum absolute atomic E-state index is 0.217. The molecule has 0 bridgehead atoms. The average Bonchev–Trinajstić information content (AvgIpc) is 2.66. The molecule has 5 nitrogen and oxygen atoms in total. The van der Waals surface area contributed by atoms with Gasteiger partial charge in [-0.1, -0.05) is 57.5 Å². The Labute approximate surface area is 171 Å². The molecule has 2 rings (SSSR count).